The molecule has 1 N–H and O–H groups in total. The number of terminal acetylenes is 1. The predicted octanol–water partition coefficient (Wildman–Crippen LogP) is 3.21. The van der Waals surface area contributed by atoms with Gasteiger partial charge in [0.25, 0.3) is 0 Å². The third-order valence-electron chi connectivity index (χ3n) is 5.28. The Kier molecular flexibility index (Phi) is 9.32. The van der Waals surface area contributed by atoms with E-state index in [1.807, 2.05) is 31.7 Å². The van der Waals surface area contributed by atoms with E-state index in [0.29, 0.717) is 18.6 Å². The Morgan fingerprint density at radius 2 is 2.17 bits per heavy atom. The Morgan fingerprint density at radius 3 is 2.83 bits per heavy atom. The van der Waals surface area contributed by atoms with Crippen molar-refractivity contribution < 1.29 is 4.74 Å². The third kappa shape index (κ3) is 6.39. The minimum atomic E-state index is 0. The van der Waals surface area contributed by atoms with Crippen LogP contribution in [0.25, 0.3) is 0 Å². The molecular formula is C22H30IN5O. The summed E-state index contributed by atoms with van der Waals surface area (Å²) < 4.78 is 7.63. The number of nitrogens with zero attached hydrogens (tertiary/aromatic N) is 4. The van der Waals surface area contributed by atoms with Crippen molar-refractivity contribution in [3.63, 3.8) is 0 Å². The lowest BCUT2D eigenvalue weighted by atomic mass is 9.93. The molecule has 3 rings (SSSR count). The molecule has 0 amide bonds. The maximum absolute atomic E-state index is 5.41. The van der Waals surface area contributed by atoms with Crippen LogP contribution in [0, 0.1) is 18.3 Å². The average Bonchev–Trinajstić information content (AvgIpc) is 3.26. The summed E-state index contributed by atoms with van der Waals surface area (Å²) in [7, 11) is 1.85. The summed E-state index contributed by atoms with van der Waals surface area (Å²) in [6, 6.07) is 8.50. The summed E-state index contributed by atoms with van der Waals surface area (Å²) >= 11 is 0. The molecular weight excluding hydrogens is 477 g/mol. The van der Waals surface area contributed by atoms with Crippen LogP contribution in [-0.4, -0.2) is 53.7 Å². The zero-order valence-corrected chi connectivity index (χ0v) is 19.5. The maximum Gasteiger partial charge on any atom is 0.193 e. The highest BCUT2D eigenvalue weighted by Gasteiger charge is 2.28. The van der Waals surface area contributed by atoms with Crippen LogP contribution in [0.1, 0.15) is 24.9 Å². The first-order valence-corrected chi connectivity index (χ1v) is 9.79. The zero-order chi connectivity index (χ0) is 19.8. The summed E-state index contributed by atoms with van der Waals surface area (Å²) in [6.07, 6.45) is 13.1. The number of likely N-dealkylation sites (tertiary alicyclic amines) is 1. The highest BCUT2D eigenvalue weighted by Crippen LogP contribution is 2.27. The van der Waals surface area contributed by atoms with Crippen molar-refractivity contribution in [3.05, 3.63) is 48.5 Å². The van der Waals surface area contributed by atoms with E-state index in [9.17, 15) is 0 Å². The molecule has 0 bridgehead atoms. The predicted molar refractivity (Wildman–Crippen MR) is 128 cm³/mol. The lowest BCUT2D eigenvalue weighted by Gasteiger charge is -2.39. The molecule has 1 aromatic heterocycles. The third-order valence-corrected chi connectivity index (χ3v) is 5.28. The molecule has 156 valence electrons. The Morgan fingerprint density at radius 1 is 1.38 bits per heavy atom. The topological polar surface area (TPSA) is 54.7 Å². The van der Waals surface area contributed by atoms with E-state index < -0.39 is 0 Å². The number of aromatic nitrogens is 2. The minimum Gasteiger partial charge on any atom is -0.481 e. The molecule has 1 aliphatic heterocycles. The van der Waals surface area contributed by atoms with Gasteiger partial charge >= 0.3 is 0 Å². The van der Waals surface area contributed by atoms with E-state index in [-0.39, 0.29) is 24.0 Å². The fraction of sp³-hybridized carbons (Fsp3) is 0.455. The second-order valence-electron chi connectivity index (χ2n) is 7.15. The second-order valence-corrected chi connectivity index (χ2v) is 7.15. The first-order chi connectivity index (χ1) is 13.7. The summed E-state index contributed by atoms with van der Waals surface area (Å²) in [5.41, 5.74) is 1.25. The normalized spacial score (nSPS) is 19.2. The average molecular weight is 507 g/mol. The van der Waals surface area contributed by atoms with Crippen LogP contribution < -0.4 is 10.1 Å². The number of ether oxygens (including phenoxy) is 1. The van der Waals surface area contributed by atoms with Gasteiger partial charge in [0.15, 0.2) is 5.96 Å². The van der Waals surface area contributed by atoms with Crippen LogP contribution in [0.5, 0.6) is 5.75 Å². The Hall–Kier alpha value is -2.21. The highest BCUT2D eigenvalue weighted by molar-refractivity contribution is 14.0. The van der Waals surface area contributed by atoms with Crippen molar-refractivity contribution in [2.75, 3.05) is 33.3 Å². The van der Waals surface area contributed by atoms with E-state index in [1.54, 1.807) is 0 Å². The van der Waals surface area contributed by atoms with E-state index in [0.717, 1.165) is 44.2 Å². The van der Waals surface area contributed by atoms with Crippen molar-refractivity contribution in [1.29, 1.82) is 0 Å². The molecule has 1 aromatic carbocycles. The smallest absolute Gasteiger partial charge is 0.193 e. The monoisotopic (exact) mass is 507 g/mol. The van der Waals surface area contributed by atoms with Gasteiger partial charge in [-0.2, -0.15) is 0 Å². The Balaban J connectivity index is 0.00000300. The van der Waals surface area contributed by atoms with Gasteiger partial charge in [-0.3, -0.25) is 4.99 Å². The maximum atomic E-state index is 5.41. The molecule has 0 radical (unpaired) electrons. The van der Waals surface area contributed by atoms with Crippen molar-refractivity contribution in [1.82, 2.24) is 19.8 Å². The van der Waals surface area contributed by atoms with Crippen molar-refractivity contribution in [3.8, 4) is 18.1 Å². The van der Waals surface area contributed by atoms with Gasteiger partial charge in [-0.1, -0.05) is 25.0 Å². The van der Waals surface area contributed by atoms with Gasteiger partial charge in [-0.05, 0) is 36.5 Å². The quantitative estimate of drug-likeness (QED) is 0.283. The fourth-order valence-electron chi connectivity index (χ4n) is 3.62. The first kappa shape index (κ1) is 23.1. The molecule has 6 nitrogen and oxygen atoms in total. The Bertz CT molecular complexity index is 798. The number of halogens is 1. The van der Waals surface area contributed by atoms with Crippen molar-refractivity contribution in [2.45, 2.75) is 25.8 Å². The molecule has 2 atom stereocenters. The number of aliphatic imine (C=N–C) groups is 1. The van der Waals surface area contributed by atoms with Crippen molar-refractivity contribution in [2.24, 2.45) is 10.9 Å². The summed E-state index contributed by atoms with van der Waals surface area (Å²) in [5.74, 6) is 4.87. The Labute approximate surface area is 190 Å². The molecule has 1 saturated heterocycles. The number of piperidine rings is 1. The molecule has 1 fully saturated rings. The molecule has 2 heterocycles. The highest BCUT2D eigenvalue weighted by atomic mass is 127. The molecule has 1 aliphatic rings. The summed E-state index contributed by atoms with van der Waals surface area (Å²) in [6.45, 7) is 5.41. The molecule has 0 spiro atoms. The lowest BCUT2D eigenvalue weighted by Crippen LogP contribution is -2.49. The molecule has 7 heteroatoms. The number of benzene rings is 1. The van der Waals surface area contributed by atoms with Gasteiger partial charge < -0.3 is 19.5 Å². The van der Waals surface area contributed by atoms with Gasteiger partial charge in [0, 0.05) is 39.1 Å². The van der Waals surface area contributed by atoms with E-state index >= 15 is 0 Å². The largest absolute Gasteiger partial charge is 0.481 e. The van der Waals surface area contributed by atoms with E-state index in [2.05, 4.69) is 55.9 Å². The van der Waals surface area contributed by atoms with Crippen molar-refractivity contribution >= 4 is 29.9 Å². The van der Waals surface area contributed by atoms with Crippen LogP contribution >= 0.6 is 24.0 Å². The van der Waals surface area contributed by atoms with Crippen LogP contribution in [-0.2, 0) is 6.42 Å². The number of hydrogen-bond acceptors (Lipinski definition) is 3. The standard InChI is InChI=1S/C22H29N5O.HI/c1-4-15-28-20-7-5-19(6-8-20)9-11-25-22(23-3)26-13-10-18(2)21(16-26)27-14-12-24-17-27;/h1,5-8,12,14,17-18,21H,9-11,13,15-16H2,2-3H3,(H,23,25);1H. The molecule has 0 aliphatic carbocycles. The molecule has 29 heavy (non-hydrogen) atoms. The first-order valence-electron chi connectivity index (χ1n) is 9.79. The number of hydrogen-bond donors (Lipinski definition) is 1. The van der Waals surface area contributed by atoms with Crippen LogP contribution in [0.3, 0.4) is 0 Å². The molecule has 2 unspecified atom stereocenters. The molecule has 0 saturated carbocycles. The lowest BCUT2D eigenvalue weighted by molar-refractivity contribution is 0.189. The van der Waals surface area contributed by atoms with Crippen LogP contribution in [0.4, 0.5) is 0 Å². The van der Waals surface area contributed by atoms with Gasteiger partial charge in [-0.15, -0.1) is 30.4 Å². The van der Waals surface area contributed by atoms with E-state index in [1.165, 1.54) is 5.56 Å². The number of guanidine groups is 1. The summed E-state index contributed by atoms with van der Waals surface area (Å²) in [4.78, 5) is 11.1. The number of nitrogens with one attached hydrogen (secondary N) is 1. The number of rotatable bonds is 6. The van der Waals surface area contributed by atoms with Gasteiger partial charge in [0.1, 0.15) is 12.4 Å². The van der Waals surface area contributed by atoms with E-state index in [4.69, 9.17) is 11.2 Å². The summed E-state index contributed by atoms with van der Waals surface area (Å²) in [5, 5.41) is 3.51. The second kappa shape index (κ2) is 11.7. The van der Waals surface area contributed by atoms with Gasteiger partial charge in [0.05, 0.1) is 12.4 Å². The molecule has 2 aromatic rings. The van der Waals surface area contributed by atoms with Gasteiger partial charge in [-0.25, -0.2) is 4.98 Å². The van der Waals surface area contributed by atoms with Crippen LogP contribution in [0.2, 0.25) is 0 Å². The van der Waals surface area contributed by atoms with Crippen LogP contribution in [0.15, 0.2) is 48.0 Å². The SMILES string of the molecule is C#CCOc1ccc(CCNC(=NC)N2CCC(C)C(n3ccnc3)C2)cc1.I. The fourth-order valence-corrected chi connectivity index (χ4v) is 3.62. The minimum absolute atomic E-state index is 0. The van der Waals surface area contributed by atoms with Gasteiger partial charge in [0.2, 0.25) is 0 Å². The number of imidazole rings is 1. The zero-order valence-electron chi connectivity index (χ0n) is 17.1.